The molecule has 0 aliphatic heterocycles. The highest BCUT2D eigenvalue weighted by atomic mass is 19.1. The fourth-order valence-corrected chi connectivity index (χ4v) is 1.65. The number of benzene rings is 1. The number of carboxylic acid groups (broad SMARTS) is 1. The molecule has 0 radical (unpaired) electrons. The monoisotopic (exact) mass is 278 g/mol. The fourth-order valence-electron chi connectivity index (χ4n) is 1.65. The van der Waals surface area contributed by atoms with Gasteiger partial charge in [0.15, 0.2) is 6.04 Å². The third-order valence-corrected chi connectivity index (χ3v) is 2.59. The number of hydrogen-bond donors (Lipinski definition) is 2. The molecule has 20 heavy (non-hydrogen) atoms. The molecule has 0 fully saturated rings. The molecule has 1 heterocycles. The van der Waals surface area contributed by atoms with Crippen molar-refractivity contribution in [2.24, 2.45) is 0 Å². The first-order valence-electron chi connectivity index (χ1n) is 5.70. The molecule has 0 spiro atoms. The Balaban J connectivity index is 2.25. The van der Waals surface area contributed by atoms with Crippen LogP contribution in [0.15, 0.2) is 34.9 Å². The highest BCUT2D eigenvalue weighted by Gasteiger charge is 2.26. The van der Waals surface area contributed by atoms with E-state index >= 15 is 0 Å². The van der Waals surface area contributed by atoms with E-state index in [1.807, 2.05) is 0 Å². The molecule has 1 aromatic heterocycles. The van der Waals surface area contributed by atoms with Crippen molar-refractivity contribution in [2.75, 3.05) is 0 Å². The van der Waals surface area contributed by atoms with E-state index in [0.29, 0.717) is 5.69 Å². The van der Waals surface area contributed by atoms with Crippen molar-refractivity contribution in [3.63, 3.8) is 0 Å². The zero-order valence-electron chi connectivity index (χ0n) is 10.5. The van der Waals surface area contributed by atoms with Crippen molar-refractivity contribution in [1.29, 1.82) is 0 Å². The predicted octanol–water partition coefficient (Wildman–Crippen LogP) is 1.68. The van der Waals surface area contributed by atoms with Gasteiger partial charge in [-0.25, -0.2) is 9.18 Å². The number of nitrogens with one attached hydrogen (secondary N) is 1. The third kappa shape index (κ3) is 2.82. The van der Waals surface area contributed by atoms with Gasteiger partial charge in [-0.2, -0.15) is 0 Å². The predicted molar refractivity (Wildman–Crippen MR) is 65.5 cm³/mol. The average molecular weight is 278 g/mol. The molecule has 1 aromatic carbocycles. The molecule has 0 saturated heterocycles. The number of rotatable bonds is 4. The van der Waals surface area contributed by atoms with Crippen LogP contribution < -0.4 is 5.32 Å². The summed E-state index contributed by atoms with van der Waals surface area (Å²) in [4.78, 5) is 23.0. The van der Waals surface area contributed by atoms with E-state index in [1.54, 1.807) is 6.92 Å². The van der Waals surface area contributed by atoms with E-state index in [-0.39, 0.29) is 11.3 Å². The molecule has 1 amide bonds. The number of halogens is 1. The topological polar surface area (TPSA) is 92.4 Å². The highest BCUT2D eigenvalue weighted by molar-refractivity contribution is 5.94. The molecule has 7 heteroatoms. The SMILES string of the molecule is Cc1cc(C(=O)N[C@H](C(=O)O)c2ccccc2F)on1. The van der Waals surface area contributed by atoms with Crippen LogP contribution in [0.25, 0.3) is 0 Å². The summed E-state index contributed by atoms with van der Waals surface area (Å²) in [6.45, 7) is 1.62. The molecular weight excluding hydrogens is 267 g/mol. The van der Waals surface area contributed by atoms with Gasteiger partial charge in [-0.15, -0.1) is 0 Å². The van der Waals surface area contributed by atoms with Crippen LogP contribution in [0.5, 0.6) is 0 Å². The summed E-state index contributed by atoms with van der Waals surface area (Å²) in [7, 11) is 0. The Bertz CT molecular complexity index is 653. The Hall–Kier alpha value is -2.70. The number of aromatic nitrogens is 1. The lowest BCUT2D eigenvalue weighted by Gasteiger charge is -2.14. The molecule has 104 valence electrons. The van der Waals surface area contributed by atoms with E-state index in [2.05, 4.69) is 10.5 Å². The van der Waals surface area contributed by atoms with Crippen LogP contribution in [-0.4, -0.2) is 22.1 Å². The standard InChI is InChI=1S/C13H11FN2O4/c1-7-6-10(20-16-7)12(17)15-11(13(18)19)8-4-2-3-5-9(8)14/h2-6,11H,1H3,(H,15,17)(H,18,19)/t11-/m0/s1. The number of carbonyl (C=O) groups is 2. The second-order valence-electron chi connectivity index (χ2n) is 4.10. The first-order chi connectivity index (χ1) is 9.49. The van der Waals surface area contributed by atoms with E-state index in [1.165, 1.54) is 24.3 Å². The molecule has 2 N–H and O–H groups in total. The Morgan fingerprint density at radius 3 is 2.65 bits per heavy atom. The third-order valence-electron chi connectivity index (χ3n) is 2.59. The summed E-state index contributed by atoms with van der Waals surface area (Å²) < 4.78 is 18.3. The summed E-state index contributed by atoms with van der Waals surface area (Å²) in [6, 6.07) is 5.18. The number of aryl methyl sites for hydroxylation is 1. The minimum atomic E-state index is -1.51. The lowest BCUT2D eigenvalue weighted by molar-refractivity contribution is -0.139. The van der Waals surface area contributed by atoms with Gasteiger partial charge in [0.1, 0.15) is 5.82 Å². The number of carbonyl (C=O) groups excluding carboxylic acids is 1. The van der Waals surface area contributed by atoms with Gasteiger partial charge in [0.2, 0.25) is 5.76 Å². The summed E-state index contributed by atoms with van der Waals surface area (Å²) >= 11 is 0. The number of aliphatic carboxylic acids is 1. The van der Waals surface area contributed by atoms with Crippen molar-refractivity contribution in [3.8, 4) is 0 Å². The summed E-state index contributed by atoms with van der Waals surface area (Å²) in [5.41, 5.74) is 0.345. The second-order valence-corrected chi connectivity index (χ2v) is 4.10. The van der Waals surface area contributed by atoms with Gasteiger partial charge in [0.05, 0.1) is 5.69 Å². The molecular formula is C13H11FN2O4. The fraction of sp³-hybridized carbons (Fsp3) is 0.154. The maximum Gasteiger partial charge on any atom is 0.331 e. The molecule has 0 aliphatic rings. The van der Waals surface area contributed by atoms with Gasteiger partial charge in [-0.05, 0) is 13.0 Å². The molecule has 0 unspecified atom stereocenters. The van der Waals surface area contributed by atoms with Crippen LogP contribution in [0.1, 0.15) is 27.9 Å². The Labute approximate surface area is 113 Å². The van der Waals surface area contributed by atoms with Crippen molar-refractivity contribution in [1.82, 2.24) is 10.5 Å². The number of hydrogen-bond acceptors (Lipinski definition) is 4. The lowest BCUT2D eigenvalue weighted by Crippen LogP contribution is -2.34. The van der Waals surface area contributed by atoms with E-state index in [0.717, 1.165) is 6.07 Å². The van der Waals surface area contributed by atoms with Crippen molar-refractivity contribution in [3.05, 3.63) is 53.2 Å². The van der Waals surface area contributed by atoms with Gasteiger partial charge < -0.3 is 14.9 Å². The first kappa shape index (κ1) is 13.7. The van der Waals surface area contributed by atoms with Gasteiger partial charge in [0.25, 0.3) is 5.91 Å². The van der Waals surface area contributed by atoms with Gasteiger partial charge in [0, 0.05) is 11.6 Å². The molecule has 2 aromatic rings. The van der Waals surface area contributed by atoms with Crippen molar-refractivity contribution in [2.45, 2.75) is 13.0 Å². The number of amides is 1. The first-order valence-corrected chi connectivity index (χ1v) is 5.70. The average Bonchev–Trinajstić information content (AvgIpc) is 2.83. The summed E-state index contributed by atoms with van der Waals surface area (Å²) in [5.74, 6) is -3.00. The van der Waals surface area contributed by atoms with Gasteiger partial charge >= 0.3 is 5.97 Å². The maximum absolute atomic E-state index is 13.6. The molecule has 0 aliphatic carbocycles. The maximum atomic E-state index is 13.6. The molecule has 0 saturated carbocycles. The molecule has 6 nitrogen and oxygen atoms in total. The van der Waals surface area contributed by atoms with Crippen LogP contribution in [0.3, 0.4) is 0 Å². The van der Waals surface area contributed by atoms with E-state index in [4.69, 9.17) is 9.63 Å². The number of nitrogens with zero attached hydrogens (tertiary/aromatic N) is 1. The second kappa shape index (κ2) is 5.52. The van der Waals surface area contributed by atoms with Crippen LogP contribution in [0.2, 0.25) is 0 Å². The van der Waals surface area contributed by atoms with E-state index < -0.39 is 23.7 Å². The smallest absolute Gasteiger partial charge is 0.331 e. The largest absolute Gasteiger partial charge is 0.479 e. The minimum absolute atomic E-state index is 0.134. The summed E-state index contributed by atoms with van der Waals surface area (Å²) in [6.07, 6.45) is 0. The van der Waals surface area contributed by atoms with Crippen molar-refractivity contribution < 1.29 is 23.6 Å². The Morgan fingerprint density at radius 2 is 2.10 bits per heavy atom. The van der Waals surface area contributed by atoms with E-state index in [9.17, 15) is 14.0 Å². The quantitative estimate of drug-likeness (QED) is 0.887. The molecule has 1 atom stereocenters. The van der Waals surface area contributed by atoms with Gasteiger partial charge in [-0.1, -0.05) is 23.4 Å². The Kier molecular flexibility index (Phi) is 3.79. The molecule has 2 rings (SSSR count). The zero-order valence-corrected chi connectivity index (χ0v) is 10.5. The van der Waals surface area contributed by atoms with Crippen LogP contribution >= 0.6 is 0 Å². The summed E-state index contributed by atoms with van der Waals surface area (Å²) in [5, 5.41) is 14.8. The van der Waals surface area contributed by atoms with Crippen LogP contribution in [0, 0.1) is 12.7 Å². The molecule has 0 bridgehead atoms. The normalized spacial score (nSPS) is 11.9. The zero-order chi connectivity index (χ0) is 14.7. The Morgan fingerprint density at radius 1 is 1.40 bits per heavy atom. The van der Waals surface area contributed by atoms with Crippen molar-refractivity contribution >= 4 is 11.9 Å². The van der Waals surface area contributed by atoms with Crippen LogP contribution in [0.4, 0.5) is 4.39 Å². The highest BCUT2D eigenvalue weighted by Crippen LogP contribution is 2.18. The minimum Gasteiger partial charge on any atom is -0.479 e. The van der Waals surface area contributed by atoms with Gasteiger partial charge in [-0.3, -0.25) is 4.79 Å². The van der Waals surface area contributed by atoms with Crippen LogP contribution in [-0.2, 0) is 4.79 Å². The number of carboxylic acids is 1. The lowest BCUT2D eigenvalue weighted by atomic mass is 10.1.